The smallest absolute Gasteiger partial charge is 0.238 e. The van der Waals surface area contributed by atoms with E-state index in [-0.39, 0.29) is 11.7 Å². The topological polar surface area (TPSA) is 53.4 Å². The largest absolute Gasteiger partial charge is 0.339 e. The summed E-state index contributed by atoms with van der Waals surface area (Å²) in [5, 5.41) is 2.98. The fourth-order valence-corrected chi connectivity index (χ4v) is 3.58. The number of piperazine rings is 1. The number of aryl methyl sites for hydroxylation is 1. The number of rotatable bonds is 5. The van der Waals surface area contributed by atoms with Crippen LogP contribution in [0.3, 0.4) is 0 Å². The summed E-state index contributed by atoms with van der Waals surface area (Å²) >= 11 is 0. The molecular formula is C22H24FN5O. The molecule has 7 heteroatoms. The molecule has 1 aromatic heterocycles. The molecule has 0 aliphatic carbocycles. The van der Waals surface area contributed by atoms with E-state index < -0.39 is 0 Å². The average molecular weight is 393 g/mol. The number of amides is 1. The van der Waals surface area contributed by atoms with Gasteiger partial charge in [0.15, 0.2) is 0 Å². The lowest BCUT2D eigenvalue weighted by Crippen LogP contribution is -2.49. The van der Waals surface area contributed by atoms with Crippen molar-refractivity contribution in [3.8, 4) is 5.69 Å². The Morgan fingerprint density at radius 2 is 1.79 bits per heavy atom. The molecule has 0 unspecified atom stereocenters. The van der Waals surface area contributed by atoms with Crippen LogP contribution in [0.1, 0.15) is 5.56 Å². The quantitative estimate of drug-likeness (QED) is 0.724. The van der Waals surface area contributed by atoms with Crippen molar-refractivity contribution in [3.05, 3.63) is 72.3 Å². The van der Waals surface area contributed by atoms with Crippen molar-refractivity contribution in [1.82, 2.24) is 14.5 Å². The predicted octanol–water partition coefficient (Wildman–Crippen LogP) is 3.08. The zero-order valence-electron chi connectivity index (χ0n) is 16.4. The van der Waals surface area contributed by atoms with Gasteiger partial charge in [-0.25, -0.2) is 9.37 Å². The number of anilines is 2. The van der Waals surface area contributed by atoms with Gasteiger partial charge in [-0.15, -0.1) is 0 Å². The highest BCUT2D eigenvalue weighted by molar-refractivity contribution is 5.92. The summed E-state index contributed by atoms with van der Waals surface area (Å²) < 4.78 is 16.0. The molecule has 0 atom stereocenters. The van der Waals surface area contributed by atoms with Gasteiger partial charge >= 0.3 is 0 Å². The van der Waals surface area contributed by atoms with Crippen LogP contribution in [0.4, 0.5) is 16.0 Å². The predicted molar refractivity (Wildman–Crippen MR) is 112 cm³/mol. The first kappa shape index (κ1) is 19.1. The molecule has 0 saturated carbocycles. The molecule has 1 fully saturated rings. The van der Waals surface area contributed by atoms with E-state index in [1.165, 1.54) is 6.07 Å². The molecule has 6 nitrogen and oxygen atoms in total. The summed E-state index contributed by atoms with van der Waals surface area (Å²) in [6.45, 7) is 5.26. The molecule has 0 radical (unpaired) electrons. The van der Waals surface area contributed by atoms with E-state index in [0.717, 1.165) is 43.4 Å². The van der Waals surface area contributed by atoms with Crippen LogP contribution in [0.15, 0.2) is 60.9 Å². The van der Waals surface area contributed by atoms with Gasteiger partial charge in [-0.2, -0.15) is 0 Å². The van der Waals surface area contributed by atoms with E-state index in [9.17, 15) is 9.18 Å². The minimum absolute atomic E-state index is 0.0133. The highest BCUT2D eigenvalue weighted by Crippen LogP contribution is 2.21. The highest BCUT2D eigenvalue weighted by Gasteiger charge is 2.23. The molecule has 1 aliphatic heterocycles. The number of para-hydroxylation sites is 2. The van der Waals surface area contributed by atoms with Crippen molar-refractivity contribution >= 4 is 17.5 Å². The number of nitrogens with zero attached hydrogens (tertiary/aromatic N) is 4. The van der Waals surface area contributed by atoms with Crippen LogP contribution in [-0.2, 0) is 4.79 Å². The van der Waals surface area contributed by atoms with Crippen molar-refractivity contribution < 1.29 is 9.18 Å². The SMILES string of the molecule is Cc1ccccc1NC(=O)CN1CCN(c2nccn2-c2ccccc2F)CC1. The second kappa shape index (κ2) is 8.45. The number of imidazole rings is 1. The van der Waals surface area contributed by atoms with Gasteiger partial charge in [0.1, 0.15) is 5.82 Å². The van der Waals surface area contributed by atoms with E-state index in [1.54, 1.807) is 29.1 Å². The fraction of sp³-hybridized carbons (Fsp3) is 0.273. The third kappa shape index (κ3) is 4.30. The minimum atomic E-state index is -0.279. The number of benzene rings is 2. The highest BCUT2D eigenvalue weighted by atomic mass is 19.1. The standard InChI is InChI=1S/C22H24FN5O/c1-17-6-2-4-8-19(17)25-21(29)16-26-12-14-27(15-13-26)22-24-10-11-28(22)20-9-5-3-7-18(20)23/h2-11H,12-16H2,1H3,(H,25,29). The van der Waals surface area contributed by atoms with Crippen LogP contribution in [0.2, 0.25) is 0 Å². The van der Waals surface area contributed by atoms with Crippen molar-refractivity contribution in [2.24, 2.45) is 0 Å². The van der Waals surface area contributed by atoms with Crippen LogP contribution >= 0.6 is 0 Å². The zero-order valence-corrected chi connectivity index (χ0v) is 16.4. The molecule has 0 bridgehead atoms. The maximum atomic E-state index is 14.2. The summed E-state index contributed by atoms with van der Waals surface area (Å²) in [7, 11) is 0. The Balaban J connectivity index is 1.36. The first-order valence-electron chi connectivity index (χ1n) is 9.73. The van der Waals surface area contributed by atoms with E-state index in [4.69, 9.17) is 0 Å². The molecule has 1 amide bonds. The second-order valence-corrected chi connectivity index (χ2v) is 7.17. The Kier molecular flexibility index (Phi) is 5.57. The Bertz CT molecular complexity index is 994. The molecule has 2 aromatic carbocycles. The maximum Gasteiger partial charge on any atom is 0.238 e. The van der Waals surface area contributed by atoms with Crippen LogP contribution < -0.4 is 10.2 Å². The lowest BCUT2D eigenvalue weighted by molar-refractivity contribution is -0.117. The van der Waals surface area contributed by atoms with E-state index in [1.807, 2.05) is 37.3 Å². The van der Waals surface area contributed by atoms with Crippen molar-refractivity contribution in [3.63, 3.8) is 0 Å². The number of nitrogens with one attached hydrogen (secondary N) is 1. The lowest BCUT2D eigenvalue weighted by Gasteiger charge is -2.35. The number of hydrogen-bond donors (Lipinski definition) is 1. The summed E-state index contributed by atoms with van der Waals surface area (Å²) in [6, 6.07) is 14.4. The van der Waals surface area contributed by atoms with Crippen LogP contribution in [0.25, 0.3) is 5.69 Å². The van der Waals surface area contributed by atoms with Gasteiger partial charge in [-0.1, -0.05) is 30.3 Å². The van der Waals surface area contributed by atoms with E-state index in [2.05, 4.69) is 20.1 Å². The molecule has 1 aliphatic rings. The van der Waals surface area contributed by atoms with Gasteiger partial charge in [-0.05, 0) is 30.7 Å². The van der Waals surface area contributed by atoms with Gasteiger partial charge in [0, 0.05) is 44.3 Å². The lowest BCUT2D eigenvalue weighted by atomic mass is 10.2. The first-order valence-corrected chi connectivity index (χ1v) is 9.73. The van der Waals surface area contributed by atoms with Gasteiger partial charge in [0.05, 0.1) is 12.2 Å². The molecule has 150 valence electrons. The maximum absolute atomic E-state index is 14.2. The molecular weight excluding hydrogens is 369 g/mol. The fourth-order valence-electron chi connectivity index (χ4n) is 3.58. The number of halogens is 1. The average Bonchev–Trinajstić information content (AvgIpc) is 3.20. The molecule has 3 aromatic rings. The van der Waals surface area contributed by atoms with Gasteiger partial charge < -0.3 is 10.2 Å². The first-order chi connectivity index (χ1) is 14.1. The van der Waals surface area contributed by atoms with Crippen molar-refractivity contribution in [2.75, 3.05) is 42.9 Å². The second-order valence-electron chi connectivity index (χ2n) is 7.17. The molecule has 29 heavy (non-hydrogen) atoms. The Labute approximate surface area is 169 Å². The number of carbonyl (C=O) groups is 1. The van der Waals surface area contributed by atoms with Gasteiger partial charge in [0.25, 0.3) is 0 Å². The minimum Gasteiger partial charge on any atom is -0.339 e. The summed E-state index contributed by atoms with van der Waals surface area (Å²) in [5.41, 5.74) is 2.38. The molecule has 4 rings (SSSR count). The van der Waals surface area contributed by atoms with Crippen molar-refractivity contribution in [1.29, 1.82) is 0 Å². The third-order valence-electron chi connectivity index (χ3n) is 5.17. The Morgan fingerprint density at radius 1 is 1.07 bits per heavy atom. The van der Waals surface area contributed by atoms with Crippen LogP contribution in [0, 0.1) is 12.7 Å². The molecule has 1 N–H and O–H groups in total. The summed E-state index contributed by atoms with van der Waals surface area (Å²) in [5.74, 6) is 0.429. The van der Waals surface area contributed by atoms with Crippen LogP contribution in [0.5, 0.6) is 0 Å². The number of hydrogen-bond acceptors (Lipinski definition) is 4. The Morgan fingerprint density at radius 3 is 2.55 bits per heavy atom. The number of aromatic nitrogens is 2. The summed E-state index contributed by atoms with van der Waals surface area (Å²) in [6.07, 6.45) is 3.46. The van der Waals surface area contributed by atoms with Crippen molar-refractivity contribution in [2.45, 2.75) is 6.92 Å². The normalized spacial score (nSPS) is 14.8. The Hall–Kier alpha value is -3.19. The third-order valence-corrected chi connectivity index (χ3v) is 5.17. The monoisotopic (exact) mass is 393 g/mol. The molecule has 0 spiro atoms. The van der Waals surface area contributed by atoms with Crippen LogP contribution in [-0.4, -0.2) is 53.1 Å². The van der Waals surface area contributed by atoms with Gasteiger partial charge in [0.2, 0.25) is 11.9 Å². The van der Waals surface area contributed by atoms with E-state index in [0.29, 0.717) is 12.2 Å². The van der Waals surface area contributed by atoms with E-state index >= 15 is 0 Å². The molecule has 1 saturated heterocycles. The van der Waals surface area contributed by atoms with Gasteiger partial charge in [-0.3, -0.25) is 14.3 Å². The number of carbonyl (C=O) groups excluding carboxylic acids is 1. The zero-order chi connectivity index (χ0) is 20.2. The molecule has 2 heterocycles. The summed E-state index contributed by atoms with van der Waals surface area (Å²) in [4.78, 5) is 21.1.